The predicted molar refractivity (Wildman–Crippen MR) is 75.3 cm³/mol. The lowest BCUT2D eigenvalue weighted by Crippen LogP contribution is -2.19. The molecule has 0 spiro atoms. The van der Waals surface area contributed by atoms with E-state index in [4.69, 9.17) is 10.5 Å². The summed E-state index contributed by atoms with van der Waals surface area (Å²) < 4.78 is 6.10. The third-order valence-electron chi connectivity index (χ3n) is 2.87. The standard InChI is InChI=1S/C13H17BrN2O2/c14-11-7-10(15)3-4-12(11)16-13(17)8-18-6-5-9-1-2-9/h3-4,7,9H,1-2,5-6,8,15H2,(H,16,17). The molecule has 1 saturated carbocycles. The van der Waals surface area contributed by atoms with Crippen molar-refractivity contribution in [3.8, 4) is 0 Å². The summed E-state index contributed by atoms with van der Waals surface area (Å²) in [5.74, 6) is 0.690. The number of anilines is 2. The molecule has 5 heteroatoms. The van der Waals surface area contributed by atoms with Crippen molar-refractivity contribution in [2.75, 3.05) is 24.3 Å². The first-order chi connectivity index (χ1) is 8.65. The largest absolute Gasteiger partial charge is 0.399 e. The molecule has 1 aliphatic rings. The zero-order valence-corrected chi connectivity index (χ0v) is 11.7. The van der Waals surface area contributed by atoms with E-state index in [-0.39, 0.29) is 12.5 Å². The third kappa shape index (κ3) is 4.31. The molecule has 0 radical (unpaired) electrons. The lowest BCUT2D eigenvalue weighted by molar-refractivity contribution is -0.120. The average molecular weight is 313 g/mol. The van der Waals surface area contributed by atoms with Crippen LogP contribution >= 0.6 is 15.9 Å². The van der Waals surface area contributed by atoms with Crippen LogP contribution in [-0.2, 0) is 9.53 Å². The SMILES string of the molecule is Nc1ccc(NC(=O)COCCC2CC2)c(Br)c1. The number of hydrogen-bond acceptors (Lipinski definition) is 3. The number of ether oxygens (including phenoxy) is 1. The summed E-state index contributed by atoms with van der Waals surface area (Å²) >= 11 is 3.35. The van der Waals surface area contributed by atoms with Gasteiger partial charge in [-0.25, -0.2) is 0 Å². The third-order valence-corrected chi connectivity index (χ3v) is 3.52. The number of rotatable bonds is 6. The molecular formula is C13H17BrN2O2. The van der Waals surface area contributed by atoms with Gasteiger partial charge in [-0.2, -0.15) is 0 Å². The van der Waals surface area contributed by atoms with Gasteiger partial charge in [-0.3, -0.25) is 4.79 Å². The Morgan fingerprint density at radius 3 is 2.94 bits per heavy atom. The fourth-order valence-corrected chi connectivity index (χ4v) is 2.14. The minimum absolute atomic E-state index is 0.101. The minimum atomic E-state index is -0.142. The van der Waals surface area contributed by atoms with Crippen LogP contribution in [0.2, 0.25) is 0 Å². The van der Waals surface area contributed by atoms with Crippen LogP contribution in [0.3, 0.4) is 0 Å². The lowest BCUT2D eigenvalue weighted by Gasteiger charge is -2.08. The fourth-order valence-electron chi connectivity index (χ4n) is 1.64. The van der Waals surface area contributed by atoms with Crippen LogP contribution < -0.4 is 11.1 Å². The van der Waals surface area contributed by atoms with Gasteiger partial charge in [0.05, 0.1) is 5.69 Å². The molecule has 3 N–H and O–H groups in total. The maximum atomic E-state index is 11.6. The first kappa shape index (κ1) is 13.4. The van der Waals surface area contributed by atoms with Gasteiger partial charge >= 0.3 is 0 Å². The van der Waals surface area contributed by atoms with Crippen LogP contribution in [0.1, 0.15) is 19.3 Å². The molecular weight excluding hydrogens is 296 g/mol. The van der Waals surface area contributed by atoms with Crippen LogP contribution in [0.25, 0.3) is 0 Å². The van der Waals surface area contributed by atoms with Crippen molar-refractivity contribution in [1.29, 1.82) is 0 Å². The average Bonchev–Trinajstić information content (AvgIpc) is 3.12. The highest BCUT2D eigenvalue weighted by atomic mass is 79.9. The summed E-state index contributed by atoms with van der Waals surface area (Å²) in [5.41, 5.74) is 6.98. The zero-order chi connectivity index (χ0) is 13.0. The summed E-state index contributed by atoms with van der Waals surface area (Å²) in [6, 6.07) is 5.26. The minimum Gasteiger partial charge on any atom is -0.399 e. The Morgan fingerprint density at radius 2 is 2.28 bits per heavy atom. The van der Waals surface area contributed by atoms with E-state index in [1.165, 1.54) is 12.8 Å². The van der Waals surface area contributed by atoms with E-state index in [1.807, 2.05) is 0 Å². The molecule has 1 aromatic rings. The number of nitrogen functional groups attached to an aromatic ring is 1. The van der Waals surface area contributed by atoms with Crippen molar-refractivity contribution in [1.82, 2.24) is 0 Å². The van der Waals surface area contributed by atoms with Gasteiger partial charge in [0.25, 0.3) is 0 Å². The van der Waals surface area contributed by atoms with E-state index in [9.17, 15) is 4.79 Å². The molecule has 1 fully saturated rings. The molecule has 0 saturated heterocycles. The number of hydrogen-bond donors (Lipinski definition) is 2. The van der Waals surface area contributed by atoms with Crippen LogP contribution in [-0.4, -0.2) is 19.1 Å². The molecule has 0 bridgehead atoms. The number of halogens is 1. The monoisotopic (exact) mass is 312 g/mol. The van der Waals surface area contributed by atoms with E-state index in [1.54, 1.807) is 18.2 Å². The van der Waals surface area contributed by atoms with Crippen LogP contribution in [0.5, 0.6) is 0 Å². The van der Waals surface area contributed by atoms with Gasteiger partial charge < -0.3 is 15.8 Å². The summed E-state index contributed by atoms with van der Waals surface area (Å²) in [6.45, 7) is 0.768. The van der Waals surface area contributed by atoms with Crippen molar-refractivity contribution >= 4 is 33.2 Å². The van der Waals surface area contributed by atoms with Crippen LogP contribution in [0.15, 0.2) is 22.7 Å². The second-order valence-electron chi connectivity index (χ2n) is 4.57. The summed E-state index contributed by atoms with van der Waals surface area (Å²) in [5, 5.41) is 2.77. The second-order valence-corrected chi connectivity index (χ2v) is 5.43. The van der Waals surface area contributed by atoms with Gasteiger partial charge in [0, 0.05) is 16.8 Å². The highest BCUT2D eigenvalue weighted by Gasteiger charge is 2.20. The molecule has 1 aromatic carbocycles. The molecule has 98 valence electrons. The van der Waals surface area contributed by atoms with E-state index in [2.05, 4.69) is 21.2 Å². The molecule has 2 rings (SSSR count). The number of benzene rings is 1. The molecule has 0 atom stereocenters. The van der Waals surface area contributed by atoms with Gasteiger partial charge in [0.2, 0.25) is 5.91 Å². The number of amides is 1. The van der Waals surface area contributed by atoms with Crippen molar-refractivity contribution in [2.45, 2.75) is 19.3 Å². The Bertz CT molecular complexity index is 433. The number of carbonyl (C=O) groups excluding carboxylic acids is 1. The predicted octanol–water partition coefficient (Wildman–Crippen LogP) is 2.79. The van der Waals surface area contributed by atoms with E-state index < -0.39 is 0 Å². The van der Waals surface area contributed by atoms with Crippen molar-refractivity contribution in [2.24, 2.45) is 5.92 Å². The van der Waals surface area contributed by atoms with Crippen LogP contribution in [0.4, 0.5) is 11.4 Å². The molecule has 0 aliphatic heterocycles. The quantitative estimate of drug-likeness (QED) is 0.627. The van der Waals surface area contributed by atoms with Gasteiger partial charge in [-0.05, 0) is 46.5 Å². The Kier molecular flexibility index (Phi) is 4.60. The summed E-state index contributed by atoms with van der Waals surface area (Å²) in [6.07, 6.45) is 3.70. The Morgan fingerprint density at radius 1 is 1.50 bits per heavy atom. The Balaban J connectivity index is 1.71. The molecule has 1 amide bonds. The van der Waals surface area contributed by atoms with Gasteiger partial charge in [-0.15, -0.1) is 0 Å². The van der Waals surface area contributed by atoms with E-state index in [0.717, 1.165) is 16.8 Å². The van der Waals surface area contributed by atoms with Crippen molar-refractivity contribution in [3.63, 3.8) is 0 Å². The summed E-state index contributed by atoms with van der Waals surface area (Å²) in [7, 11) is 0. The summed E-state index contributed by atoms with van der Waals surface area (Å²) in [4.78, 5) is 11.6. The Hall–Kier alpha value is -1.07. The Labute approximate surface area is 115 Å². The lowest BCUT2D eigenvalue weighted by atomic mass is 10.3. The number of nitrogens with one attached hydrogen (secondary N) is 1. The normalized spacial score (nSPS) is 14.5. The van der Waals surface area contributed by atoms with E-state index in [0.29, 0.717) is 18.0 Å². The fraction of sp³-hybridized carbons (Fsp3) is 0.462. The zero-order valence-electron chi connectivity index (χ0n) is 10.1. The molecule has 4 nitrogen and oxygen atoms in total. The smallest absolute Gasteiger partial charge is 0.250 e. The first-order valence-corrected chi connectivity index (χ1v) is 6.87. The van der Waals surface area contributed by atoms with Gasteiger partial charge in [0.1, 0.15) is 6.61 Å². The van der Waals surface area contributed by atoms with Crippen LogP contribution in [0, 0.1) is 5.92 Å². The van der Waals surface area contributed by atoms with Crippen molar-refractivity contribution in [3.05, 3.63) is 22.7 Å². The maximum absolute atomic E-state index is 11.6. The van der Waals surface area contributed by atoms with Gasteiger partial charge in [0.15, 0.2) is 0 Å². The highest BCUT2D eigenvalue weighted by molar-refractivity contribution is 9.10. The molecule has 0 aromatic heterocycles. The molecule has 1 aliphatic carbocycles. The van der Waals surface area contributed by atoms with E-state index >= 15 is 0 Å². The highest BCUT2D eigenvalue weighted by Crippen LogP contribution is 2.32. The van der Waals surface area contributed by atoms with Gasteiger partial charge in [-0.1, -0.05) is 12.8 Å². The van der Waals surface area contributed by atoms with Crippen molar-refractivity contribution < 1.29 is 9.53 Å². The number of carbonyl (C=O) groups is 1. The second kappa shape index (κ2) is 6.20. The molecule has 0 heterocycles. The molecule has 18 heavy (non-hydrogen) atoms. The maximum Gasteiger partial charge on any atom is 0.250 e. The number of nitrogens with two attached hydrogens (primary N) is 1. The first-order valence-electron chi connectivity index (χ1n) is 6.08. The molecule has 0 unspecified atom stereocenters. The topological polar surface area (TPSA) is 64.3 Å².